The van der Waals surface area contributed by atoms with Gasteiger partial charge in [0, 0.05) is 24.0 Å². The summed E-state index contributed by atoms with van der Waals surface area (Å²) in [6.07, 6.45) is 1.76. The van der Waals surface area contributed by atoms with Crippen LogP contribution in [0.1, 0.15) is 12.6 Å². The summed E-state index contributed by atoms with van der Waals surface area (Å²) in [5.41, 5.74) is 2.46. The molecule has 0 saturated heterocycles. The molecule has 30 heavy (non-hydrogen) atoms. The summed E-state index contributed by atoms with van der Waals surface area (Å²) in [5, 5.41) is 15.1. The smallest absolute Gasteiger partial charge is 0.235 e. The van der Waals surface area contributed by atoms with Crippen molar-refractivity contribution in [2.45, 2.75) is 20.4 Å². The molecule has 5 rings (SSSR count). The first-order valence-electron chi connectivity index (χ1n) is 9.15. The van der Waals surface area contributed by atoms with E-state index < -0.39 is 0 Å². The van der Waals surface area contributed by atoms with E-state index in [1.165, 1.54) is 11.3 Å². The number of aryl methyl sites for hydroxylation is 2. The number of rotatable bonds is 3. The third-order valence-electron chi connectivity index (χ3n) is 4.82. The van der Waals surface area contributed by atoms with E-state index in [1.807, 2.05) is 36.6 Å². The Morgan fingerprint density at radius 2 is 1.93 bits per heavy atom. The van der Waals surface area contributed by atoms with Gasteiger partial charge in [-0.15, -0.1) is 10.2 Å². The van der Waals surface area contributed by atoms with Gasteiger partial charge in [0.25, 0.3) is 0 Å². The lowest BCUT2D eigenvalue weighted by Gasteiger charge is -2.10. The van der Waals surface area contributed by atoms with Gasteiger partial charge in [0.15, 0.2) is 5.82 Å². The van der Waals surface area contributed by atoms with Crippen LogP contribution in [0.2, 0.25) is 10.0 Å². The molecule has 0 saturated carbocycles. The van der Waals surface area contributed by atoms with Crippen molar-refractivity contribution in [2.24, 2.45) is 0 Å². The summed E-state index contributed by atoms with van der Waals surface area (Å²) in [7, 11) is 0. The second-order valence-corrected chi connectivity index (χ2v) is 8.45. The third kappa shape index (κ3) is 2.91. The maximum absolute atomic E-state index is 13.2. The fourth-order valence-corrected chi connectivity index (χ4v) is 4.64. The second kappa shape index (κ2) is 7.16. The molecular formula is C20H14Cl2N6OS. The van der Waals surface area contributed by atoms with E-state index in [9.17, 15) is 4.79 Å². The number of aromatic nitrogens is 6. The number of pyridine rings is 2. The zero-order chi connectivity index (χ0) is 21.0. The molecule has 0 N–H and O–H groups in total. The minimum absolute atomic E-state index is 0.160. The Hall–Kier alpha value is -2.81. The van der Waals surface area contributed by atoms with Crippen LogP contribution in [0, 0.1) is 6.92 Å². The van der Waals surface area contributed by atoms with Gasteiger partial charge >= 0.3 is 0 Å². The molecule has 5 aromatic rings. The summed E-state index contributed by atoms with van der Waals surface area (Å²) in [5.74, 6) is 0.375. The van der Waals surface area contributed by atoms with E-state index in [1.54, 1.807) is 22.8 Å². The number of halogens is 2. The van der Waals surface area contributed by atoms with Crippen LogP contribution in [0.25, 0.3) is 38.0 Å². The van der Waals surface area contributed by atoms with Gasteiger partial charge in [0.2, 0.25) is 10.4 Å². The van der Waals surface area contributed by atoms with Crippen molar-refractivity contribution in [3.8, 4) is 22.0 Å². The molecule has 0 aliphatic carbocycles. The first-order chi connectivity index (χ1) is 14.5. The maximum atomic E-state index is 13.2. The van der Waals surface area contributed by atoms with E-state index in [4.69, 9.17) is 23.2 Å². The zero-order valence-electron chi connectivity index (χ0n) is 15.9. The summed E-state index contributed by atoms with van der Waals surface area (Å²) >= 11 is 13.8. The molecule has 4 heterocycles. The monoisotopic (exact) mass is 456 g/mol. The highest BCUT2D eigenvalue weighted by molar-refractivity contribution is 7.19. The van der Waals surface area contributed by atoms with Crippen LogP contribution in [-0.2, 0) is 6.54 Å². The number of benzene rings is 1. The van der Waals surface area contributed by atoms with E-state index >= 15 is 0 Å². The zero-order valence-corrected chi connectivity index (χ0v) is 18.3. The quantitative estimate of drug-likeness (QED) is 0.387. The lowest BCUT2D eigenvalue weighted by Crippen LogP contribution is -2.14. The van der Waals surface area contributed by atoms with Crippen LogP contribution in [0.15, 0.2) is 41.3 Å². The molecule has 0 fully saturated rings. The van der Waals surface area contributed by atoms with Crippen molar-refractivity contribution in [3.63, 3.8) is 0 Å². The first kappa shape index (κ1) is 19.2. The highest BCUT2D eigenvalue weighted by Gasteiger charge is 2.20. The van der Waals surface area contributed by atoms with Crippen molar-refractivity contribution in [3.05, 3.63) is 62.5 Å². The third-order valence-corrected chi connectivity index (χ3v) is 6.57. The highest BCUT2D eigenvalue weighted by Crippen LogP contribution is 2.36. The average Bonchev–Trinajstić information content (AvgIpc) is 3.31. The number of hydrogen-bond donors (Lipinski definition) is 0. The SMILES string of the molecule is CCn1cc(-c2nnc3sc(-c4cccc(Cl)c4Cl)nn23)c(=O)c2ccc(C)nc21. The number of hydrogen-bond acceptors (Lipinski definition) is 6. The molecule has 0 radical (unpaired) electrons. The fraction of sp³-hybridized carbons (Fsp3) is 0.150. The van der Waals surface area contributed by atoms with Crippen LogP contribution in [0.5, 0.6) is 0 Å². The van der Waals surface area contributed by atoms with Crippen LogP contribution in [-0.4, -0.2) is 29.4 Å². The summed E-state index contributed by atoms with van der Waals surface area (Å²) in [4.78, 5) is 18.3. The van der Waals surface area contributed by atoms with Gasteiger partial charge in [-0.05, 0) is 32.0 Å². The topological polar surface area (TPSA) is 78.0 Å². The molecule has 0 bridgehead atoms. The normalized spacial score (nSPS) is 11.6. The Labute approximate surface area is 184 Å². The number of fused-ring (bicyclic) bond motifs is 2. The van der Waals surface area contributed by atoms with Crippen molar-refractivity contribution in [1.82, 2.24) is 29.4 Å². The van der Waals surface area contributed by atoms with E-state index in [-0.39, 0.29) is 5.43 Å². The standard InChI is InChI=1S/C20H14Cl2N6OS/c1-3-27-9-13(16(29)12-8-7-10(2)23-17(12)27)18-24-25-20-28(18)26-19(30-20)11-5-4-6-14(21)15(11)22/h4-9H,3H2,1-2H3. The molecule has 0 unspecified atom stereocenters. The molecular weight excluding hydrogens is 443 g/mol. The van der Waals surface area contributed by atoms with Crippen molar-refractivity contribution in [2.75, 3.05) is 0 Å². The largest absolute Gasteiger partial charge is 0.332 e. The predicted molar refractivity (Wildman–Crippen MR) is 120 cm³/mol. The summed E-state index contributed by atoms with van der Waals surface area (Å²) in [6, 6.07) is 9.00. The van der Waals surface area contributed by atoms with E-state index in [0.29, 0.717) is 54.5 Å². The minimum Gasteiger partial charge on any atom is -0.332 e. The van der Waals surface area contributed by atoms with Crippen LogP contribution in [0.4, 0.5) is 0 Å². The molecule has 7 nitrogen and oxygen atoms in total. The van der Waals surface area contributed by atoms with E-state index in [0.717, 1.165) is 5.69 Å². The predicted octanol–water partition coefficient (Wildman–Crippen LogP) is 4.86. The molecule has 0 atom stereocenters. The first-order valence-corrected chi connectivity index (χ1v) is 10.7. The Morgan fingerprint density at radius 3 is 2.73 bits per heavy atom. The van der Waals surface area contributed by atoms with Crippen LogP contribution in [0.3, 0.4) is 0 Å². The van der Waals surface area contributed by atoms with Gasteiger partial charge in [0.1, 0.15) is 10.7 Å². The van der Waals surface area contributed by atoms with Gasteiger partial charge in [-0.25, -0.2) is 4.98 Å². The molecule has 10 heteroatoms. The van der Waals surface area contributed by atoms with Gasteiger partial charge in [-0.2, -0.15) is 9.61 Å². The Morgan fingerprint density at radius 1 is 1.10 bits per heavy atom. The van der Waals surface area contributed by atoms with Gasteiger partial charge in [0.05, 0.1) is 21.0 Å². The fourth-order valence-electron chi connectivity index (χ4n) is 3.32. The van der Waals surface area contributed by atoms with Crippen LogP contribution < -0.4 is 5.43 Å². The molecule has 0 aliphatic rings. The molecule has 1 aromatic carbocycles. The summed E-state index contributed by atoms with van der Waals surface area (Å²) in [6.45, 7) is 4.56. The Balaban J connectivity index is 1.74. The Kier molecular flexibility index (Phi) is 4.57. The van der Waals surface area contributed by atoms with Crippen molar-refractivity contribution >= 4 is 50.5 Å². The van der Waals surface area contributed by atoms with E-state index in [2.05, 4.69) is 20.3 Å². The average molecular weight is 457 g/mol. The molecule has 150 valence electrons. The molecule has 4 aromatic heterocycles. The number of nitrogens with zero attached hydrogens (tertiary/aromatic N) is 6. The minimum atomic E-state index is -0.160. The van der Waals surface area contributed by atoms with Gasteiger partial charge < -0.3 is 4.57 Å². The van der Waals surface area contributed by atoms with Crippen molar-refractivity contribution in [1.29, 1.82) is 0 Å². The van der Waals surface area contributed by atoms with Crippen LogP contribution >= 0.6 is 34.5 Å². The van der Waals surface area contributed by atoms with Gasteiger partial charge in [-0.1, -0.05) is 46.7 Å². The molecule has 0 aliphatic heterocycles. The second-order valence-electron chi connectivity index (χ2n) is 6.71. The molecule has 0 amide bonds. The van der Waals surface area contributed by atoms with Gasteiger partial charge in [-0.3, -0.25) is 4.79 Å². The Bertz CT molecular complexity index is 1500. The summed E-state index contributed by atoms with van der Waals surface area (Å²) < 4.78 is 3.50. The molecule has 0 spiro atoms. The highest BCUT2D eigenvalue weighted by atomic mass is 35.5. The van der Waals surface area contributed by atoms with Crippen molar-refractivity contribution < 1.29 is 0 Å². The maximum Gasteiger partial charge on any atom is 0.235 e. The lowest BCUT2D eigenvalue weighted by atomic mass is 10.1. The lowest BCUT2D eigenvalue weighted by molar-refractivity contribution is 0.775.